The van der Waals surface area contributed by atoms with E-state index in [4.69, 9.17) is 15.9 Å². The van der Waals surface area contributed by atoms with Gasteiger partial charge in [-0.15, -0.1) is 0 Å². The van der Waals surface area contributed by atoms with Crippen molar-refractivity contribution in [1.82, 2.24) is 4.90 Å². The molecule has 9 nitrogen and oxygen atoms in total. The number of nitrogens with zero attached hydrogens (tertiary/aromatic N) is 2. The molecule has 0 aliphatic carbocycles. The van der Waals surface area contributed by atoms with Gasteiger partial charge in [-0.05, 0) is 39.9 Å². The smallest absolute Gasteiger partial charge is 0.320 e. The monoisotopic (exact) mass is 533 g/mol. The maximum atomic E-state index is 10.6. The number of likely N-dealkylation sites (N-methyl/N-ethyl adjacent to an activating group) is 2. The lowest BCUT2D eigenvalue weighted by Crippen LogP contribution is -2.45. The molecular weight excluding hydrogens is 474 g/mol. The Bertz CT molecular complexity index is 551. The standard InChI is InChI=1S/C16H32O2.C7H16N2O2.C5H11NO2/c1-2-3-4-5-6-7-8-9-10-11-12-13-14-15-16(17)18;1-9(2)6(7(10)11)4-3-5-8;1-6(2,3)4-5(7)8/h2-15H2,1H3,(H,17,18);6H,3-5,8H2,1-2H3,(H,10,11);4H2,1-3H3. The van der Waals surface area contributed by atoms with E-state index in [0.717, 1.165) is 19.3 Å². The Balaban J connectivity index is -0.000000517. The third kappa shape index (κ3) is 39.0. The van der Waals surface area contributed by atoms with Crippen molar-refractivity contribution in [3.8, 4) is 0 Å². The van der Waals surface area contributed by atoms with Gasteiger partial charge in [0.05, 0.1) is 27.1 Å². The zero-order chi connectivity index (χ0) is 29.1. The molecule has 222 valence electrons. The van der Waals surface area contributed by atoms with Crippen LogP contribution in [0.4, 0.5) is 0 Å². The van der Waals surface area contributed by atoms with Crippen LogP contribution < -0.4 is 10.8 Å². The Kier molecular flexibility index (Phi) is 29.4. The number of quaternary nitrogens is 1. The van der Waals surface area contributed by atoms with E-state index >= 15 is 0 Å². The number of unbranched alkanes of at least 4 members (excludes halogenated alkanes) is 12. The lowest BCUT2D eigenvalue weighted by Gasteiger charge is -2.23. The number of carboxylic acid groups (broad SMARTS) is 3. The van der Waals surface area contributed by atoms with Crippen LogP contribution in [0.3, 0.4) is 0 Å². The van der Waals surface area contributed by atoms with Gasteiger partial charge in [-0.2, -0.15) is 0 Å². The van der Waals surface area contributed by atoms with E-state index < -0.39 is 23.9 Å². The summed E-state index contributed by atoms with van der Waals surface area (Å²) in [5, 5.41) is 27.1. The highest BCUT2D eigenvalue weighted by Crippen LogP contribution is 2.12. The van der Waals surface area contributed by atoms with Gasteiger partial charge in [0.2, 0.25) is 0 Å². The largest absolute Gasteiger partial charge is 0.544 e. The lowest BCUT2D eigenvalue weighted by molar-refractivity contribution is -0.864. The van der Waals surface area contributed by atoms with Crippen molar-refractivity contribution in [2.75, 3.05) is 48.3 Å². The number of hydrogen-bond donors (Lipinski definition) is 3. The molecule has 0 amide bonds. The lowest BCUT2D eigenvalue weighted by atomic mass is 10.0. The summed E-state index contributed by atoms with van der Waals surface area (Å²) < 4.78 is 0.419. The number of hydrogen-bond acceptors (Lipinski definition) is 6. The van der Waals surface area contributed by atoms with E-state index in [2.05, 4.69) is 6.92 Å². The van der Waals surface area contributed by atoms with Crippen LogP contribution in [0, 0.1) is 0 Å². The van der Waals surface area contributed by atoms with Gasteiger partial charge in [-0.3, -0.25) is 14.5 Å². The van der Waals surface area contributed by atoms with Crippen LogP contribution in [0.2, 0.25) is 0 Å². The first-order valence-electron chi connectivity index (χ1n) is 14.1. The Morgan fingerprint density at radius 3 is 1.43 bits per heavy atom. The van der Waals surface area contributed by atoms with Gasteiger partial charge in [-0.25, -0.2) is 0 Å². The Hall–Kier alpha value is -1.71. The number of carbonyl (C=O) groups excluding carboxylic acids is 1. The molecule has 0 heterocycles. The van der Waals surface area contributed by atoms with Crippen molar-refractivity contribution in [3.63, 3.8) is 0 Å². The van der Waals surface area contributed by atoms with Crippen molar-refractivity contribution < 1.29 is 34.2 Å². The zero-order valence-electron chi connectivity index (χ0n) is 24.8. The number of carbonyl (C=O) groups is 3. The fourth-order valence-corrected chi connectivity index (χ4v) is 3.60. The van der Waals surface area contributed by atoms with Gasteiger partial charge < -0.3 is 30.3 Å². The molecule has 0 aromatic heterocycles. The fourth-order valence-electron chi connectivity index (χ4n) is 3.60. The SMILES string of the molecule is CCCCCCCCCCCCCCCC(=O)O.CN(C)C(CCCN)C(=O)O.C[N+](C)(C)CC(=O)[O-]. The molecule has 0 aromatic rings. The van der Waals surface area contributed by atoms with Crippen molar-refractivity contribution in [2.24, 2.45) is 5.73 Å². The zero-order valence-corrected chi connectivity index (χ0v) is 24.8. The van der Waals surface area contributed by atoms with Gasteiger partial charge in [0.25, 0.3) is 0 Å². The summed E-state index contributed by atoms with van der Waals surface area (Å²) in [4.78, 5) is 32.4. The van der Waals surface area contributed by atoms with Gasteiger partial charge in [0, 0.05) is 6.42 Å². The molecule has 0 aliphatic heterocycles. The molecule has 1 atom stereocenters. The first-order chi connectivity index (χ1) is 17.3. The fraction of sp³-hybridized carbons (Fsp3) is 0.893. The maximum absolute atomic E-state index is 10.6. The number of nitrogens with two attached hydrogens (primary N) is 1. The van der Waals surface area contributed by atoms with Crippen LogP contribution in [0.5, 0.6) is 0 Å². The average molecular weight is 534 g/mol. The van der Waals surface area contributed by atoms with E-state index in [1.165, 1.54) is 70.6 Å². The molecule has 9 heteroatoms. The summed E-state index contributed by atoms with van der Waals surface area (Å²) in [6, 6.07) is -0.390. The average Bonchev–Trinajstić information content (AvgIpc) is 2.76. The summed E-state index contributed by atoms with van der Waals surface area (Å²) in [6.45, 7) is 2.88. The Morgan fingerprint density at radius 1 is 0.784 bits per heavy atom. The second kappa shape index (κ2) is 27.3. The first kappa shape index (κ1) is 39.8. The summed E-state index contributed by atoms with van der Waals surface area (Å²) in [7, 11) is 8.92. The molecule has 0 spiro atoms. The van der Waals surface area contributed by atoms with Crippen molar-refractivity contribution in [2.45, 2.75) is 116 Å². The molecule has 0 aromatic carbocycles. The molecule has 4 N–H and O–H groups in total. The summed E-state index contributed by atoms with van der Waals surface area (Å²) in [5.41, 5.74) is 5.27. The highest BCUT2D eigenvalue weighted by molar-refractivity contribution is 5.73. The van der Waals surface area contributed by atoms with Gasteiger partial charge in [0.15, 0.2) is 0 Å². The predicted octanol–water partition coefficient (Wildman–Crippen LogP) is 3.73. The van der Waals surface area contributed by atoms with Crippen LogP contribution in [0.15, 0.2) is 0 Å². The molecular formula is C28H59N3O6. The van der Waals surface area contributed by atoms with Crippen molar-refractivity contribution in [3.05, 3.63) is 0 Å². The minimum absolute atomic E-state index is 0.0694. The molecule has 0 saturated carbocycles. The number of aliphatic carboxylic acids is 3. The normalized spacial score (nSPS) is 11.7. The molecule has 0 fully saturated rings. The molecule has 0 aliphatic rings. The summed E-state index contributed by atoms with van der Waals surface area (Å²) in [6.07, 6.45) is 18.7. The summed E-state index contributed by atoms with van der Waals surface area (Å²) >= 11 is 0. The van der Waals surface area contributed by atoms with Crippen LogP contribution in [-0.4, -0.2) is 91.9 Å². The van der Waals surface area contributed by atoms with Crippen LogP contribution in [-0.2, 0) is 14.4 Å². The topological polar surface area (TPSA) is 144 Å². The van der Waals surface area contributed by atoms with Gasteiger partial charge >= 0.3 is 11.9 Å². The minimum atomic E-state index is -1.00. The minimum Gasteiger partial charge on any atom is -0.544 e. The van der Waals surface area contributed by atoms with E-state index in [9.17, 15) is 19.5 Å². The van der Waals surface area contributed by atoms with Crippen LogP contribution >= 0.6 is 0 Å². The van der Waals surface area contributed by atoms with Crippen LogP contribution in [0.25, 0.3) is 0 Å². The molecule has 1 unspecified atom stereocenters. The predicted molar refractivity (Wildman–Crippen MR) is 149 cm³/mol. The Labute approximate surface area is 227 Å². The van der Waals surface area contributed by atoms with Gasteiger partial charge in [0.1, 0.15) is 12.6 Å². The number of rotatable bonds is 21. The highest BCUT2D eigenvalue weighted by Gasteiger charge is 2.18. The van der Waals surface area contributed by atoms with Crippen molar-refractivity contribution >= 4 is 17.9 Å². The summed E-state index contributed by atoms with van der Waals surface area (Å²) in [5.74, 6) is -2.43. The third-order valence-electron chi connectivity index (χ3n) is 5.69. The first-order valence-corrected chi connectivity index (χ1v) is 14.1. The van der Waals surface area contributed by atoms with Crippen LogP contribution in [0.1, 0.15) is 110 Å². The third-order valence-corrected chi connectivity index (χ3v) is 5.69. The molecule has 37 heavy (non-hydrogen) atoms. The van der Waals surface area contributed by atoms with Crippen molar-refractivity contribution in [1.29, 1.82) is 0 Å². The quantitative estimate of drug-likeness (QED) is 0.149. The molecule has 0 rings (SSSR count). The molecule has 0 saturated heterocycles. The number of carboxylic acids is 3. The van der Waals surface area contributed by atoms with E-state index in [-0.39, 0.29) is 6.54 Å². The Morgan fingerprint density at radius 2 is 1.19 bits per heavy atom. The van der Waals surface area contributed by atoms with E-state index in [1.54, 1.807) is 40.1 Å². The second-order valence-electron chi connectivity index (χ2n) is 11.0. The highest BCUT2D eigenvalue weighted by atomic mass is 16.4. The molecule has 0 bridgehead atoms. The maximum Gasteiger partial charge on any atom is 0.320 e. The van der Waals surface area contributed by atoms with Gasteiger partial charge in [-0.1, -0.05) is 84.0 Å². The van der Waals surface area contributed by atoms with E-state index in [0.29, 0.717) is 23.9 Å². The van der Waals surface area contributed by atoms with E-state index in [1.807, 2.05) is 0 Å². The second-order valence-corrected chi connectivity index (χ2v) is 11.0. The molecule has 0 radical (unpaired) electrons.